The first kappa shape index (κ1) is 20.6. The van der Waals surface area contributed by atoms with E-state index < -0.39 is 10.1 Å². The third kappa shape index (κ3) is 8.30. The van der Waals surface area contributed by atoms with Crippen molar-refractivity contribution < 1.29 is 27.6 Å². The first-order chi connectivity index (χ1) is 11.6. The summed E-state index contributed by atoms with van der Waals surface area (Å²) in [4.78, 5) is 11.7. The number of likely N-dealkylation sites (N-methyl/N-ethyl adjacent to an activating group) is 1. The van der Waals surface area contributed by atoms with Crippen LogP contribution in [0.25, 0.3) is 0 Å². The Morgan fingerprint density at radius 2 is 1.72 bits per heavy atom. The highest BCUT2D eigenvalue weighted by Crippen LogP contribution is 2.31. The molecule has 2 aromatic carbocycles. The van der Waals surface area contributed by atoms with Crippen molar-refractivity contribution in [1.29, 1.82) is 0 Å². The summed E-state index contributed by atoms with van der Waals surface area (Å²) >= 11 is 0. The number of Topliss-reactive ketones (excluding diaryl/α,β-unsaturated/α-hetero) is 1. The molecule has 2 rings (SSSR count). The highest BCUT2D eigenvalue weighted by Gasteiger charge is 2.10. The van der Waals surface area contributed by atoms with Gasteiger partial charge in [-0.1, -0.05) is 17.7 Å². The van der Waals surface area contributed by atoms with Crippen LogP contribution < -0.4 is 10.1 Å². The van der Waals surface area contributed by atoms with Crippen LogP contribution in [0.15, 0.2) is 42.5 Å². The maximum Gasteiger partial charge on any atom is 0.261 e. The number of carbonyl (C=O) groups is 1. The summed E-state index contributed by atoms with van der Waals surface area (Å²) < 4.78 is 31.4. The number of ether oxygens (including phenoxy) is 1. The molecule has 0 aliphatic rings. The van der Waals surface area contributed by atoms with Crippen LogP contribution in [0.3, 0.4) is 0 Å². The second-order valence-corrected chi connectivity index (χ2v) is 6.75. The van der Waals surface area contributed by atoms with Gasteiger partial charge < -0.3 is 15.2 Å². The zero-order valence-electron chi connectivity index (χ0n) is 14.2. The maximum atomic E-state index is 11.7. The average molecular weight is 367 g/mol. The summed E-state index contributed by atoms with van der Waals surface area (Å²) in [6, 6.07) is 12.2. The fourth-order valence-corrected chi connectivity index (χ4v) is 1.77. The third-order valence-corrected chi connectivity index (χ3v) is 2.87. The second-order valence-electron chi connectivity index (χ2n) is 5.28. The largest absolute Gasteiger partial charge is 0.504 e. The van der Waals surface area contributed by atoms with E-state index in [0.29, 0.717) is 23.3 Å². The number of rotatable bonds is 5. The van der Waals surface area contributed by atoms with Gasteiger partial charge in [0.15, 0.2) is 17.3 Å². The van der Waals surface area contributed by atoms with Gasteiger partial charge in [0.05, 0.1) is 12.8 Å². The van der Waals surface area contributed by atoms with E-state index in [-0.39, 0.29) is 18.1 Å². The standard InChI is InChI=1S/C16H17NO3.CH4O3S/c1-11-3-6-13(7-4-11)20-16-8-5-12(9-14(16)18)15(19)10-17-2;1-5(2,3)4/h3-9,17-18H,10H2,1-2H3;1H3,(H,2,3,4). The van der Waals surface area contributed by atoms with Gasteiger partial charge in [0.2, 0.25) is 0 Å². The van der Waals surface area contributed by atoms with Crippen LogP contribution in [-0.4, -0.2) is 43.7 Å². The van der Waals surface area contributed by atoms with Gasteiger partial charge in [0.25, 0.3) is 10.1 Å². The van der Waals surface area contributed by atoms with E-state index >= 15 is 0 Å². The van der Waals surface area contributed by atoms with Crippen molar-refractivity contribution in [1.82, 2.24) is 5.32 Å². The molecule has 0 fully saturated rings. The van der Waals surface area contributed by atoms with Gasteiger partial charge in [-0.3, -0.25) is 9.35 Å². The molecule has 0 aromatic heterocycles. The van der Waals surface area contributed by atoms with Crippen molar-refractivity contribution in [2.75, 3.05) is 19.8 Å². The van der Waals surface area contributed by atoms with Crippen LogP contribution in [0.1, 0.15) is 15.9 Å². The molecule has 7 nitrogen and oxygen atoms in total. The molecular formula is C17H21NO6S. The van der Waals surface area contributed by atoms with Crippen LogP contribution in [0, 0.1) is 6.92 Å². The Morgan fingerprint density at radius 1 is 1.16 bits per heavy atom. The zero-order chi connectivity index (χ0) is 19.0. The number of ketones is 1. The number of phenols is 1. The maximum absolute atomic E-state index is 11.7. The summed E-state index contributed by atoms with van der Waals surface area (Å²) in [5.41, 5.74) is 1.59. The minimum absolute atomic E-state index is 0.0486. The van der Waals surface area contributed by atoms with E-state index in [1.54, 1.807) is 19.2 Å². The van der Waals surface area contributed by atoms with Crippen LogP contribution in [0.4, 0.5) is 0 Å². The number of carbonyl (C=O) groups excluding carboxylic acids is 1. The first-order valence-corrected chi connectivity index (χ1v) is 9.12. The summed E-state index contributed by atoms with van der Waals surface area (Å²) in [6.07, 6.45) is 0.715. The number of benzene rings is 2. The molecule has 0 bridgehead atoms. The zero-order valence-corrected chi connectivity index (χ0v) is 15.0. The number of hydrogen-bond acceptors (Lipinski definition) is 6. The molecule has 3 N–H and O–H groups in total. The molecule has 0 amide bonds. The smallest absolute Gasteiger partial charge is 0.261 e. The molecule has 8 heteroatoms. The lowest BCUT2D eigenvalue weighted by atomic mass is 10.1. The number of aromatic hydroxyl groups is 1. The fraction of sp³-hybridized carbons (Fsp3) is 0.235. The van der Waals surface area contributed by atoms with Crippen molar-refractivity contribution in [2.24, 2.45) is 0 Å². The quantitative estimate of drug-likeness (QED) is 0.549. The van der Waals surface area contributed by atoms with Gasteiger partial charge in [-0.25, -0.2) is 0 Å². The van der Waals surface area contributed by atoms with Crippen molar-refractivity contribution >= 4 is 15.9 Å². The van der Waals surface area contributed by atoms with E-state index in [1.807, 2.05) is 31.2 Å². The Kier molecular flexibility index (Phi) is 7.56. The van der Waals surface area contributed by atoms with E-state index in [1.165, 1.54) is 6.07 Å². The molecule has 0 saturated carbocycles. The van der Waals surface area contributed by atoms with Crippen LogP contribution in [-0.2, 0) is 10.1 Å². The summed E-state index contributed by atoms with van der Waals surface area (Å²) in [5, 5.41) is 12.7. The van der Waals surface area contributed by atoms with Crippen molar-refractivity contribution in [3.8, 4) is 17.2 Å². The SMILES string of the molecule is CNCC(=O)c1ccc(Oc2ccc(C)cc2)c(O)c1.CS(=O)(=O)O. The monoisotopic (exact) mass is 367 g/mol. The molecule has 0 spiro atoms. The Morgan fingerprint density at radius 3 is 2.20 bits per heavy atom. The lowest BCUT2D eigenvalue weighted by Gasteiger charge is -2.09. The third-order valence-electron chi connectivity index (χ3n) is 2.87. The average Bonchev–Trinajstić information content (AvgIpc) is 2.50. The highest BCUT2D eigenvalue weighted by molar-refractivity contribution is 7.85. The normalized spacial score (nSPS) is 10.6. The minimum atomic E-state index is -3.67. The van der Waals surface area contributed by atoms with Gasteiger partial charge in [0.1, 0.15) is 5.75 Å². The number of aryl methyl sites for hydroxylation is 1. The molecule has 25 heavy (non-hydrogen) atoms. The van der Waals surface area contributed by atoms with Crippen LogP contribution in [0.2, 0.25) is 0 Å². The Balaban J connectivity index is 0.000000550. The Labute approximate surface area is 147 Å². The van der Waals surface area contributed by atoms with Gasteiger partial charge in [-0.2, -0.15) is 8.42 Å². The number of phenolic OH excluding ortho intramolecular Hbond substituents is 1. The topological polar surface area (TPSA) is 113 Å². The fourth-order valence-electron chi connectivity index (χ4n) is 1.77. The Hall–Kier alpha value is -2.42. The van der Waals surface area contributed by atoms with E-state index in [4.69, 9.17) is 9.29 Å². The molecule has 0 aliphatic heterocycles. The number of hydrogen-bond donors (Lipinski definition) is 3. The predicted octanol–water partition coefficient (Wildman–Crippen LogP) is 2.40. The lowest BCUT2D eigenvalue weighted by molar-refractivity contribution is 0.0993. The van der Waals surface area contributed by atoms with Crippen molar-refractivity contribution in [3.05, 3.63) is 53.6 Å². The van der Waals surface area contributed by atoms with E-state index in [0.717, 1.165) is 5.56 Å². The predicted molar refractivity (Wildman–Crippen MR) is 95.1 cm³/mol. The molecule has 0 aliphatic carbocycles. The first-order valence-electron chi connectivity index (χ1n) is 7.28. The summed E-state index contributed by atoms with van der Waals surface area (Å²) in [6.45, 7) is 2.22. The molecule has 0 atom stereocenters. The van der Waals surface area contributed by atoms with Gasteiger partial charge >= 0.3 is 0 Å². The molecule has 136 valence electrons. The van der Waals surface area contributed by atoms with Crippen molar-refractivity contribution in [3.63, 3.8) is 0 Å². The molecule has 0 heterocycles. The minimum Gasteiger partial charge on any atom is -0.504 e. The number of nitrogens with one attached hydrogen (secondary N) is 1. The second kappa shape index (κ2) is 9.16. The molecule has 0 unspecified atom stereocenters. The molecule has 0 radical (unpaired) electrons. The van der Waals surface area contributed by atoms with Crippen LogP contribution >= 0.6 is 0 Å². The van der Waals surface area contributed by atoms with Gasteiger partial charge in [-0.15, -0.1) is 0 Å². The molecule has 0 saturated heterocycles. The molecular weight excluding hydrogens is 346 g/mol. The summed E-state index contributed by atoms with van der Waals surface area (Å²) in [7, 11) is -1.97. The molecule has 2 aromatic rings. The van der Waals surface area contributed by atoms with Gasteiger partial charge in [-0.05, 0) is 44.3 Å². The summed E-state index contributed by atoms with van der Waals surface area (Å²) in [5.74, 6) is 0.840. The van der Waals surface area contributed by atoms with E-state index in [9.17, 15) is 18.3 Å². The highest BCUT2D eigenvalue weighted by atomic mass is 32.2. The van der Waals surface area contributed by atoms with Gasteiger partial charge in [0, 0.05) is 5.56 Å². The van der Waals surface area contributed by atoms with Crippen molar-refractivity contribution in [2.45, 2.75) is 6.92 Å². The lowest BCUT2D eigenvalue weighted by Crippen LogP contribution is -2.18. The van der Waals surface area contributed by atoms with E-state index in [2.05, 4.69) is 5.32 Å². The Bertz CT molecular complexity index is 808. The van der Waals surface area contributed by atoms with Crippen LogP contribution in [0.5, 0.6) is 17.2 Å².